The number of anilines is 1. The van der Waals surface area contributed by atoms with Gasteiger partial charge in [-0.05, 0) is 72.9 Å². The van der Waals surface area contributed by atoms with E-state index in [1.54, 1.807) is 24.3 Å². The van der Waals surface area contributed by atoms with E-state index in [0.717, 1.165) is 43.5 Å². The van der Waals surface area contributed by atoms with Crippen molar-refractivity contribution in [2.45, 2.75) is 31.8 Å². The van der Waals surface area contributed by atoms with Crippen LogP contribution in [0.4, 0.5) is 14.5 Å². The Bertz CT molecular complexity index is 911. The fourth-order valence-corrected chi connectivity index (χ4v) is 3.51. The number of amides is 1. The molecule has 7 heteroatoms. The van der Waals surface area contributed by atoms with E-state index in [1.807, 2.05) is 12.1 Å². The Balaban J connectivity index is 1.26. The van der Waals surface area contributed by atoms with E-state index in [-0.39, 0.29) is 11.8 Å². The molecule has 1 aliphatic heterocycles. The van der Waals surface area contributed by atoms with E-state index < -0.39 is 12.3 Å². The lowest BCUT2D eigenvalue weighted by atomic mass is 10.1. The summed E-state index contributed by atoms with van der Waals surface area (Å²) in [6.45, 7) is 6.12. The van der Waals surface area contributed by atoms with Crippen LogP contribution < -0.4 is 19.7 Å². The van der Waals surface area contributed by atoms with E-state index in [9.17, 15) is 13.6 Å². The molecule has 1 saturated heterocycles. The van der Waals surface area contributed by atoms with Crippen LogP contribution in [0.25, 0.3) is 5.70 Å². The quantitative estimate of drug-likeness (QED) is 0.640. The Morgan fingerprint density at radius 2 is 1.74 bits per heavy atom. The number of ether oxygens (including phenoxy) is 2. The number of benzene rings is 2. The molecule has 1 N–H and O–H groups in total. The van der Waals surface area contributed by atoms with Crippen molar-refractivity contribution in [3.63, 3.8) is 0 Å². The second-order valence-corrected chi connectivity index (χ2v) is 8.02. The first-order valence-electron chi connectivity index (χ1n) is 10.5. The first kappa shape index (κ1) is 21.2. The summed E-state index contributed by atoms with van der Waals surface area (Å²) in [5.41, 5.74) is 1.83. The molecular weight excluding hydrogens is 402 g/mol. The van der Waals surface area contributed by atoms with Gasteiger partial charge in [0.05, 0.1) is 13.2 Å². The Morgan fingerprint density at radius 3 is 2.39 bits per heavy atom. The van der Waals surface area contributed by atoms with E-state index in [1.165, 1.54) is 12.8 Å². The standard InChI is InChI=1S/C24H26F2N2O3/c1-16(27-24(29)23(25)26)18-4-8-21(9-5-18)31-22-12-13-28(14-22)19-6-10-20(11-7-19)30-15-17-2-3-17/h4-11,17,22-23H,1-3,12-15H2,(H,27,29). The van der Waals surface area contributed by atoms with E-state index in [2.05, 4.69) is 28.9 Å². The fourth-order valence-electron chi connectivity index (χ4n) is 3.51. The minimum absolute atomic E-state index is 0.0541. The van der Waals surface area contributed by atoms with Crippen molar-refractivity contribution in [3.05, 3.63) is 60.7 Å². The lowest BCUT2D eigenvalue weighted by Crippen LogP contribution is -2.27. The second kappa shape index (κ2) is 9.37. The molecule has 2 aromatic rings. The van der Waals surface area contributed by atoms with Crippen molar-refractivity contribution in [1.29, 1.82) is 0 Å². The number of carbonyl (C=O) groups is 1. The molecule has 0 radical (unpaired) electrons. The predicted molar refractivity (Wildman–Crippen MR) is 116 cm³/mol. The third-order valence-electron chi connectivity index (χ3n) is 5.51. The van der Waals surface area contributed by atoms with Crippen molar-refractivity contribution in [1.82, 2.24) is 5.32 Å². The average Bonchev–Trinajstić information content (AvgIpc) is 3.49. The molecule has 1 saturated carbocycles. The van der Waals surface area contributed by atoms with Gasteiger partial charge in [0.1, 0.15) is 17.6 Å². The van der Waals surface area contributed by atoms with Gasteiger partial charge in [0, 0.05) is 24.4 Å². The highest BCUT2D eigenvalue weighted by atomic mass is 19.3. The monoisotopic (exact) mass is 428 g/mol. The smallest absolute Gasteiger partial charge is 0.315 e. The third-order valence-corrected chi connectivity index (χ3v) is 5.51. The summed E-state index contributed by atoms with van der Waals surface area (Å²) in [5, 5.41) is 2.09. The van der Waals surface area contributed by atoms with Gasteiger partial charge in [0.25, 0.3) is 5.91 Å². The number of rotatable bonds is 9. The zero-order valence-electron chi connectivity index (χ0n) is 17.2. The lowest BCUT2D eigenvalue weighted by Gasteiger charge is -2.19. The van der Waals surface area contributed by atoms with Crippen molar-refractivity contribution in [3.8, 4) is 11.5 Å². The molecule has 1 atom stereocenters. The first-order chi connectivity index (χ1) is 15.0. The summed E-state index contributed by atoms with van der Waals surface area (Å²) in [6.07, 6.45) is 0.438. The molecule has 0 bridgehead atoms. The zero-order valence-corrected chi connectivity index (χ0v) is 17.2. The number of hydrogen-bond donors (Lipinski definition) is 1. The van der Waals surface area contributed by atoms with E-state index in [4.69, 9.17) is 9.47 Å². The van der Waals surface area contributed by atoms with Crippen LogP contribution in [0.3, 0.4) is 0 Å². The van der Waals surface area contributed by atoms with Crippen LogP contribution in [0, 0.1) is 5.92 Å². The van der Waals surface area contributed by atoms with Gasteiger partial charge in [-0.1, -0.05) is 6.58 Å². The number of alkyl halides is 2. The Hall–Kier alpha value is -3.09. The largest absolute Gasteiger partial charge is 0.493 e. The SMILES string of the molecule is C=C(NC(=O)C(F)F)c1ccc(OC2CCN(c3ccc(OCC4CC4)cc3)C2)cc1. The lowest BCUT2D eigenvalue weighted by molar-refractivity contribution is -0.130. The molecule has 5 nitrogen and oxygen atoms in total. The highest BCUT2D eigenvalue weighted by Gasteiger charge is 2.25. The minimum atomic E-state index is -3.07. The van der Waals surface area contributed by atoms with Gasteiger partial charge >= 0.3 is 6.43 Å². The van der Waals surface area contributed by atoms with E-state index >= 15 is 0 Å². The van der Waals surface area contributed by atoms with Crippen molar-refractivity contribution in [2.24, 2.45) is 5.92 Å². The number of nitrogens with zero attached hydrogens (tertiary/aromatic N) is 1. The van der Waals surface area contributed by atoms with Crippen LogP contribution in [0.5, 0.6) is 11.5 Å². The highest BCUT2D eigenvalue weighted by molar-refractivity contribution is 5.88. The Morgan fingerprint density at radius 1 is 1.06 bits per heavy atom. The molecule has 1 aliphatic carbocycles. The van der Waals surface area contributed by atoms with Gasteiger partial charge in [-0.3, -0.25) is 4.79 Å². The van der Waals surface area contributed by atoms with Gasteiger partial charge in [-0.25, -0.2) is 0 Å². The maximum absolute atomic E-state index is 12.4. The number of nitrogens with one attached hydrogen (secondary N) is 1. The molecule has 1 unspecified atom stereocenters. The molecular formula is C24H26F2N2O3. The number of carbonyl (C=O) groups excluding carboxylic acids is 1. The summed E-state index contributed by atoms with van der Waals surface area (Å²) in [4.78, 5) is 13.4. The first-order valence-corrected chi connectivity index (χ1v) is 10.5. The molecule has 4 rings (SSSR count). The van der Waals surface area contributed by atoms with Crippen molar-refractivity contribution < 1.29 is 23.0 Å². The molecule has 2 aromatic carbocycles. The van der Waals surface area contributed by atoms with Gasteiger partial charge in [0.15, 0.2) is 0 Å². The van der Waals surface area contributed by atoms with Crippen LogP contribution in [0.1, 0.15) is 24.8 Å². The van der Waals surface area contributed by atoms with Gasteiger partial charge in [-0.15, -0.1) is 0 Å². The summed E-state index contributed by atoms with van der Waals surface area (Å²) in [5.74, 6) is 0.972. The normalized spacial score (nSPS) is 18.2. The fraction of sp³-hybridized carbons (Fsp3) is 0.375. The molecule has 1 heterocycles. The molecule has 31 heavy (non-hydrogen) atoms. The number of halogens is 2. The van der Waals surface area contributed by atoms with Gasteiger partial charge < -0.3 is 19.7 Å². The summed E-state index contributed by atoms with van der Waals surface area (Å²) in [7, 11) is 0. The van der Waals surface area contributed by atoms with Crippen LogP contribution in [0.2, 0.25) is 0 Å². The average molecular weight is 428 g/mol. The minimum Gasteiger partial charge on any atom is -0.493 e. The molecule has 0 spiro atoms. The van der Waals surface area contributed by atoms with E-state index in [0.29, 0.717) is 11.3 Å². The van der Waals surface area contributed by atoms with Gasteiger partial charge in [-0.2, -0.15) is 8.78 Å². The summed E-state index contributed by atoms with van der Waals surface area (Å²) < 4.78 is 36.6. The van der Waals surface area contributed by atoms with Crippen LogP contribution >= 0.6 is 0 Å². The highest BCUT2D eigenvalue weighted by Crippen LogP contribution is 2.30. The maximum atomic E-state index is 12.4. The second-order valence-electron chi connectivity index (χ2n) is 8.02. The summed E-state index contributed by atoms with van der Waals surface area (Å²) >= 11 is 0. The van der Waals surface area contributed by atoms with Crippen LogP contribution in [-0.4, -0.2) is 38.1 Å². The summed E-state index contributed by atoms with van der Waals surface area (Å²) in [6, 6.07) is 15.1. The molecule has 164 valence electrons. The van der Waals surface area contributed by atoms with Crippen LogP contribution in [0.15, 0.2) is 55.1 Å². The number of hydrogen-bond acceptors (Lipinski definition) is 4. The Kier molecular flexibility index (Phi) is 6.39. The predicted octanol–water partition coefficient (Wildman–Crippen LogP) is 4.49. The van der Waals surface area contributed by atoms with Gasteiger partial charge in [0.2, 0.25) is 0 Å². The Labute approximate surface area is 180 Å². The molecule has 0 aromatic heterocycles. The van der Waals surface area contributed by atoms with Crippen LogP contribution in [-0.2, 0) is 4.79 Å². The molecule has 2 aliphatic rings. The molecule has 1 amide bonds. The third kappa shape index (κ3) is 5.75. The zero-order chi connectivity index (χ0) is 21.8. The van der Waals surface area contributed by atoms with Crippen molar-refractivity contribution >= 4 is 17.3 Å². The topological polar surface area (TPSA) is 50.8 Å². The maximum Gasteiger partial charge on any atom is 0.315 e. The molecule has 2 fully saturated rings. The van der Waals surface area contributed by atoms with Crippen molar-refractivity contribution in [2.75, 3.05) is 24.6 Å².